The van der Waals surface area contributed by atoms with Gasteiger partial charge in [0.05, 0.1) is 12.8 Å². The van der Waals surface area contributed by atoms with E-state index in [9.17, 15) is 0 Å². The lowest BCUT2D eigenvalue weighted by Crippen LogP contribution is -2.41. The van der Waals surface area contributed by atoms with Gasteiger partial charge in [-0.15, -0.1) is 0 Å². The highest BCUT2D eigenvalue weighted by molar-refractivity contribution is 9.10. The number of aryl methyl sites for hydroxylation is 1. The molecule has 5 heteroatoms. The van der Waals surface area contributed by atoms with Gasteiger partial charge in [-0.2, -0.15) is 0 Å². The average Bonchev–Trinajstić information content (AvgIpc) is 2.36. The Morgan fingerprint density at radius 3 is 2.70 bits per heavy atom. The Morgan fingerprint density at radius 1 is 1.25 bits per heavy atom. The second-order valence-electron chi connectivity index (χ2n) is 4.95. The van der Waals surface area contributed by atoms with E-state index in [1.54, 1.807) is 7.11 Å². The van der Waals surface area contributed by atoms with Gasteiger partial charge in [0, 0.05) is 34.7 Å². The Morgan fingerprint density at radius 2 is 2.05 bits per heavy atom. The van der Waals surface area contributed by atoms with Crippen LogP contribution in [0.15, 0.2) is 28.7 Å². The molecule has 1 aliphatic rings. The number of halogens is 1. The second kappa shape index (κ2) is 5.50. The summed E-state index contributed by atoms with van der Waals surface area (Å²) >= 11 is 3.50. The molecule has 0 saturated carbocycles. The van der Waals surface area contributed by atoms with E-state index in [0.717, 1.165) is 46.1 Å². The van der Waals surface area contributed by atoms with Gasteiger partial charge in [0.1, 0.15) is 11.6 Å². The first kappa shape index (κ1) is 13.5. The van der Waals surface area contributed by atoms with E-state index in [-0.39, 0.29) is 0 Å². The third-order valence-electron chi connectivity index (χ3n) is 3.46. The standard InChI is InChI=1S/C15H16BrN3O/c1-9-5-13(19-15(18-9)10-7-17-8-10)12-6-11(16)3-4-14(12)20-2/h3-6,10,17H,7-8H2,1-2H3. The quantitative estimate of drug-likeness (QED) is 0.938. The first-order valence-corrected chi connectivity index (χ1v) is 7.37. The molecule has 0 bridgehead atoms. The van der Waals surface area contributed by atoms with Crippen molar-refractivity contribution in [2.75, 3.05) is 20.2 Å². The number of nitrogens with zero attached hydrogens (tertiary/aromatic N) is 2. The zero-order chi connectivity index (χ0) is 14.1. The van der Waals surface area contributed by atoms with Crippen molar-refractivity contribution >= 4 is 15.9 Å². The number of hydrogen-bond acceptors (Lipinski definition) is 4. The molecule has 0 unspecified atom stereocenters. The van der Waals surface area contributed by atoms with Gasteiger partial charge >= 0.3 is 0 Å². The SMILES string of the molecule is COc1ccc(Br)cc1-c1cc(C)nc(C2CNC2)n1. The summed E-state index contributed by atoms with van der Waals surface area (Å²) in [5.74, 6) is 2.16. The average molecular weight is 334 g/mol. The Hall–Kier alpha value is -1.46. The topological polar surface area (TPSA) is 47.0 Å². The summed E-state index contributed by atoms with van der Waals surface area (Å²) in [7, 11) is 1.68. The first-order chi connectivity index (χ1) is 9.67. The fraction of sp³-hybridized carbons (Fsp3) is 0.333. The number of rotatable bonds is 3. The summed E-state index contributed by atoms with van der Waals surface area (Å²) in [6, 6.07) is 7.94. The summed E-state index contributed by atoms with van der Waals surface area (Å²) in [5, 5.41) is 3.26. The maximum Gasteiger partial charge on any atom is 0.134 e. The smallest absolute Gasteiger partial charge is 0.134 e. The molecule has 1 aliphatic heterocycles. The Balaban J connectivity index is 2.09. The Labute approximate surface area is 126 Å². The molecular weight excluding hydrogens is 318 g/mol. The van der Waals surface area contributed by atoms with E-state index in [0.29, 0.717) is 5.92 Å². The summed E-state index contributed by atoms with van der Waals surface area (Å²) in [6.07, 6.45) is 0. The molecule has 1 saturated heterocycles. The minimum atomic E-state index is 0.423. The predicted octanol–water partition coefficient (Wildman–Crippen LogP) is 2.91. The normalized spacial score (nSPS) is 14.9. The molecule has 1 fully saturated rings. The molecule has 1 aromatic heterocycles. The van der Waals surface area contributed by atoms with Gasteiger partial charge in [-0.05, 0) is 31.2 Å². The van der Waals surface area contributed by atoms with Crippen molar-refractivity contribution in [2.45, 2.75) is 12.8 Å². The zero-order valence-corrected chi connectivity index (χ0v) is 13.1. The van der Waals surface area contributed by atoms with Crippen LogP contribution in [0.2, 0.25) is 0 Å². The molecule has 1 aromatic carbocycles. The van der Waals surface area contributed by atoms with E-state index in [2.05, 4.69) is 26.2 Å². The molecule has 2 aromatic rings. The maximum absolute atomic E-state index is 5.44. The van der Waals surface area contributed by atoms with Crippen LogP contribution in [0.5, 0.6) is 5.75 Å². The summed E-state index contributed by atoms with van der Waals surface area (Å²) in [4.78, 5) is 9.28. The molecule has 0 spiro atoms. The molecule has 20 heavy (non-hydrogen) atoms. The Bertz CT molecular complexity index is 641. The number of benzene rings is 1. The minimum absolute atomic E-state index is 0.423. The lowest BCUT2D eigenvalue weighted by molar-refractivity contribution is 0.415. The second-order valence-corrected chi connectivity index (χ2v) is 5.87. The number of nitrogens with one attached hydrogen (secondary N) is 1. The lowest BCUT2D eigenvalue weighted by atomic mass is 10.0. The number of hydrogen-bond donors (Lipinski definition) is 1. The van der Waals surface area contributed by atoms with Crippen LogP contribution in [0, 0.1) is 6.92 Å². The minimum Gasteiger partial charge on any atom is -0.496 e. The third kappa shape index (κ3) is 2.55. The van der Waals surface area contributed by atoms with Gasteiger partial charge in [0.15, 0.2) is 0 Å². The lowest BCUT2D eigenvalue weighted by Gasteiger charge is -2.26. The zero-order valence-electron chi connectivity index (χ0n) is 11.5. The van der Waals surface area contributed by atoms with Gasteiger partial charge in [-0.3, -0.25) is 0 Å². The molecule has 3 rings (SSSR count). The van der Waals surface area contributed by atoms with Crippen molar-refractivity contribution in [1.82, 2.24) is 15.3 Å². The van der Waals surface area contributed by atoms with Crippen molar-refractivity contribution in [3.63, 3.8) is 0 Å². The van der Waals surface area contributed by atoms with Gasteiger partial charge in [0.2, 0.25) is 0 Å². The molecule has 0 atom stereocenters. The highest BCUT2D eigenvalue weighted by atomic mass is 79.9. The largest absolute Gasteiger partial charge is 0.496 e. The summed E-state index contributed by atoms with van der Waals surface area (Å²) < 4.78 is 6.45. The monoisotopic (exact) mass is 333 g/mol. The van der Waals surface area contributed by atoms with E-state index in [1.807, 2.05) is 31.2 Å². The van der Waals surface area contributed by atoms with Gasteiger partial charge in [-0.25, -0.2) is 9.97 Å². The highest BCUT2D eigenvalue weighted by Gasteiger charge is 2.23. The maximum atomic E-state index is 5.44. The van der Waals surface area contributed by atoms with Crippen LogP contribution in [-0.4, -0.2) is 30.2 Å². The first-order valence-electron chi connectivity index (χ1n) is 6.57. The van der Waals surface area contributed by atoms with Gasteiger partial charge in [-0.1, -0.05) is 15.9 Å². The van der Waals surface area contributed by atoms with Crippen LogP contribution in [0.1, 0.15) is 17.4 Å². The number of ether oxygens (including phenoxy) is 1. The van der Waals surface area contributed by atoms with Crippen LogP contribution in [0.25, 0.3) is 11.3 Å². The molecular formula is C15H16BrN3O. The van der Waals surface area contributed by atoms with Crippen molar-refractivity contribution in [2.24, 2.45) is 0 Å². The number of aromatic nitrogens is 2. The van der Waals surface area contributed by atoms with Crippen molar-refractivity contribution in [1.29, 1.82) is 0 Å². The van der Waals surface area contributed by atoms with Crippen molar-refractivity contribution < 1.29 is 4.74 Å². The van der Waals surface area contributed by atoms with Crippen molar-refractivity contribution in [3.05, 3.63) is 40.3 Å². The summed E-state index contributed by atoms with van der Waals surface area (Å²) in [6.45, 7) is 3.92. The molecule has 104 valence electrons. The van der Waals surface area contributed by atoms with E-state index in [4.69, 9.17) is 9.72 Å². The van der Waals surface area contributed by atoms with E-state index in [1.165, 1.54) is 0 Å². The van der Waals surface area contributed by atoms with Crippen molar-refractivity contribution in [3.8, 4) is 17.0 Å². The Kier molecular flexibility index (Phi) is 3.72. The van der Waals surface area contributed by atoms with Crippen LogP contribution < -0.4 is 10.1 Å². The van der Waals surface area contributed by atoms with Gasteiger partial charge in [0.25, 0.3) is 0 Å². The number of methoxy groups -OCH3 is 1. The predicted molar refractivity (Wildman–Crippen MR) is 82.1 cm³/mol. The molecule has 0 radical (unpaired) electrons. The highest BCUT2D eigenvalue weighted by Crippen LogP contribution is 2.32. The molecule has 4 nitrogen and oxygen atoms in total. The van der Waals surface area contributed by atoms with Gasteiger partial charge < -0.3 is 10.1 Å². The fourth-order valence-corrected chi connectivity index (χ4v) is 2.62. The third-order valence-corrected chi connectivity index (χ3v) is 3.95. The molecule has 0 aliphatic carbocycles. The molecule has 1 N–H and O–H groups in total. The molecule has 2 heterocycles. The van der Waals surface area contributed by atoms with E-state index < -0.39 is 0 Å². The summed E-state index contributed by atoms with van der Waals surface area (Å²) in [5.41, 5.74) is 2.89. The van der Waals surface area contributed by atoms with Crippen LogP contribution in [-0.2, 0) is 0 Å². The van der Waals surface area contributed by atoms with Crippen LogP contribution in [0.3, 0.4) is 0 Å². The van der Waals surface area contributed by atoms with E-state index >= 15 is 0 Å². The molecule has 0 amide bonds. The van der Waals surface area contributed by atoms with Crippen LogP contribution in [0.4, 0.5) is 0 Å². The van der Waals surface area contributed by atoms with Crippen LogP contribution >= 0.6 is 15.9 Å². The fourth-order valence-electron chi connectivity index (χ4n) is 2.26.